The van der Waals surface area contributed by atoms with Gasteiger partial charge in [0.15, 0.2) is 0 Å². The monoisotopic (exact) mass is 512 g/mol. The first-order chi connectivity index (χ1) is 16.0. The van der Waals surface area contributed by atoms with E-state index in [-0.39, 0.29) is 33.7 Å². The molecule has 1 saturated heterocycles. The van der Waals surface area contributed by atoms with E-state index in [0.29, 0.717) is 41.2 Å². The second-order valence-corrected chi connectivity index (χ2v) is 9.57. The average Bonchev–Trinajstić information content (AvgIpc) is 3.12. The fourth-order valence-electron chi connectivity index (χ4n) is 4.52. The van der Waals surface area contributed by atoms with Crippen LogP contribution in [0.3, 0.4) is 0 Å². The first-order valence-corrected chi connectivity index (χ1v) is 11.9. The molecule has 0 spiro atoms. The van der Waals surface area contributed by atoms with E-state index in [0.717, 1.165) is 25.3 Å². The van der Waals surface area contributed by atoms with Crippen molar-refractivity contribution in [2.75, 3.05) is 13.1 Å². The maximum Gasteiger partial charge on any atom is 0.433 e. The summed E-state index contributed by atoms with van der Waals surface area (Å²) in [6, 6.07) is 2.81. The van der Waals surface area contributed by atoms with Crippen LogP contribution in [0.25, 0.3) is 11.0 Å². The maximum absolute atomic E-state index is 13.3. The number of amides is 1. The van der Waals surface area contributed by atoms with E-state index in [1.807, 2.05) is 0 Å². The van der Waals surface area contributed by atoms with Crippen molar-refractivity contribution in [1.29, 1.82) is 0 Å². The van der Waals surface area contributed by atoms with Gasteiger partial charge in [-0.15, -0.1) is 0 Å². The van der Waals surface area contributed by atoms with Gasteiger partial charge in [0.25, 0.3) is 5.91 Å². The van der Waals surface area contributed by atoms with Crippen LogP contribution in [-0.2, 0) is 19.6 Å². The number of rotatable bonds is 4. The summed E-state index contributed by atoms with van der Waals surface area (Å²) < 4.78 is 41.3. The number of aryl methyl sites for hydroxylation is 2. The Labute approximate surface area is 205 Å². The molecule has 3 aromatic rings. The molecule has 1 fully saturated rings. The highest BCUT2D eigenvalue weighted by Crippen LogP contribution is 2.34. The van der Waals surface area contributed by atoms with Gasteiger partial charge in [-0.25, -0.2) is 9.97 Å². The van der Waals surface area contributed by atoms with Crippen LogP contribution < -0.4 is 0 Å². The van der Waals surface area contributed by atoms with Gasteiger partial charge in [0.2, 0.25) is 0 Å². The van der Waals surface area contributed by atoms with Crippen LogP contribution in [0, 0.1) is 12.8 Å². The van der Waals surface area contributed by atoms with E-state index in [9.17, 15) is 18.0 Å². The van der Waals surface area contributed by atoms with E-state index < -0.39 is 11.9 Å². The molecule has 4 heterocycles. The van der Waals surface area contributed by atoms with Crippen LogP contribution in [0.1, 0.15) is 59.1 Å². The number of hydrogen-bond donors (Lipinski definition) is 0. The normalized spacial score (nSPS) is 15.4. The summed E-state index contributed by atoms with van der Waals surface area (Å²) in [7, 11) is 1.65. The molecule has 0 atom stereocenters. The largest absolute Gasteiger partial charge is 0.433 e. The molecule has 1 amide bonds. The van der Waals surface area contributed by atoms with Crippen LogP contribution in [0.2, 0.25) is 10.2 Å². The van der Waals surface area contributed by atoms with Crippen LogP contribution in [0.5, 0.6) is 0 Å². The third kappa shape index (κ3) is 4.62. The van der Waals surface area contributed by atoms with Crippen molar-refractivity contribution >= 4 is 40.1 Å². The van der Waals surface area contributed by atoms with Crippen LogP contribution in [-0.4, -0.2) is 38.4 Å². The molecule has 0 aromatic carbocycles. The van der Waals surface area contributed by atoms with E-state index in [1.165, 1.54) is 6.20 Å². The second-order valence-electron chi connectivity index (χ2n) is 8.83. The summed E-state index contributed by atoms with van der Waals surface area (Å²) in [5, 5.41) is 0.974. The predicted octanol–water partition coefficient (Wildman–Crippen LogP) is 6.46. The molecule has 0 N–H and O–H groups in total. The van der Waals surface area contributed by atoms with Crippen molar-refractivity contribution in [3.8, 4) is 0 Å². The minimum absolute atomic E-state index is 0.150. The molecule has 5 nitrogen and oxygen atoms in total. The number of halogens is 5. The molecule has 0 radical (unpaired) electrons. The Morgan fingerprint density at radius 2 is 1.88 bits per heavy atom. The quantitative estimate of drug-likeness (QED) is 0.377. The minimum Gasteiger partial charge on any atom is -0.339 e. The lowest BCUT2D eigenvalue weighted by molar-refractivity contribution is -0.141. The fraction of sp³-hybridized carbons (Fsp3) is 0.458. The van der Waals surface area contributed by atoms with Crippen molar-refractivity contribution in [1.82, 2.24) is 19.4 Å². The maximum atomic E-state index is 13.3. The number of piperidine rings is 1. The number of likely N-dealkylation sites (tertiary alicyclic amines) is 1. The lowest BCUT2D eigenvalue weighted by Gasteiger charge is -2.31. The first kappa shape index (κ1) is 24.8. The molecule has 0 unspecified atom stereocenters. The Bertz CT molecular complexity index is 1250. The van der Waals surface area contributed by atoms with E-state index in [4.69, 9.17) is 23.2 Å². The van der Waals surface area contributed by atoms with Crippen LogP contribution >= 0.6 is 23.2 Å². The fourth-order valence-corrected chi connectivity index (χ4v) is 5.06. The zero-order chi connectivity index (χ0) is 24.8. The third-order valence-electron chi connectivity index (χ3n) is 6.72. The van der Waals surface area contributed by atoms with Gasteiger partial charge >= 0.3 is 6.18 Å². The van der Waals surface area contributed by atoms with E-state index in [2.05, 4.69) is 16.9 Å². The highest BCUT2D eigenvalue weighted by atomic mass is 35.5. The summed E-state index contributed by atoms with van der Waals surface area (Å²) in [5.74, 6) is 0.439. The molecule has 182 valence electrons. The van der Waals surface area contributed by atoms with Gasteiger partial charge in [0.1, 0.15) is 16.5 Å². The van der Waals surface area contributed by atoms with Gasteiger partial charge in [0, 0.05) is 49.4 Å². The molecule has 10 heteroatoms. The standard InChI is InChI=1S/C24H25Cl2F3N4O/c1-4-14-5-7-33(8-6-14)23(34)18-12-30-21(26)17(20(18)25)11-15-10-16-13(2)9-19(24(27,28)29)31-22(16)32(15)3/h9-10,12,14H,4-8,11H2,1-3H3. The predicted molar refractivity (Wildman–Crippen MR) is 126 cm³/mol. The molecule has 0 aliphatic carbocycles. The van der Waals surface area contributed by atoms with Gasteiger partial charge < -0.3 is 9.47 Å². The van der Waals surface area contributed by atoms with Gasteiger partial charge in [-0.1, -0.05) is 36.5 Å². The van der Waals surface area contributed by atoms with Crippen molar-refractivity contribution in [3.05, 3.63) is 56.6 Å². The Morgan fingerprint density at radius 1 is 1.21 bits per heavy atom. The number of nitrogens with zero attached hydrogens (tertiary/aromatic N) is 4. The zero-order valence-electron chi connectivity index (χ0n) is 19.1. The van der Waals surface area contributed by atoms with E-state index >= 15 is 0 Å². The Kier molecular flexibility index (Phi) is 6.84. The molecule has 1 aliphatic heterocycles. The molecule has 0 bridgehead atoms. The number of carbonyl (C=O) groups is 1. The molecule has 3 aromatic heterocycles. The van der Waals surface area contributed by atoms with Gasteiger partial charge in [-0.3, -0.25) is 4.79 Å². The minimum atomic E-state index is -4.54. The highest BCUT2D eigenvalue weighted by Gasteiger charge is 2.34. The number of hydrogen-bond acceptors (Lipinski definition) is 3. The lowest BCUT2D eigenvalue weighted by atomic mass is 9.94. The van der Waals surface area contributed by atoms with E-state index in [1.54, 1.807) is 29.5 Å². The topological polar surface area (TPSA) is 51.0 Å². The lowest BCUT2D eigenvalue weighted by Crippen LogP contribution is -2.38. The molecule has 34 heavy (non-hydrogen) atoms. The molecule has 0 saturated carbocycles. The van der Waals surface area contributed by atoms with Crippen molar-refractivity contribution in [2.24, 2.45) is 13.0 Å². The van der Waals surface area contributed by atoms with Gasteiger partial charge in [0.05, 0.1) is 10.6 Å². The van der Waals surface area contributed by atoms with Crippen molar-refractivity contribution < 1.29 is 18.0 Å². The molecular weight excluding hydrogens is 488 g/mol. The third-order valence-corrected chi connectivity index (χ3v) is 7.48. The summed E-state index contributed by atoms with van der Waals surface area (Å²) in [6.45, 7) is 5.11. The van der Waals surface area contributed by atoms with Crippen molar-refractivity contribution in [2.45, 2.75) is 45.7 Å². The number of alkyl halides is 3. The van der Waals surface area contributed by atoms with Gasteiger partial charge in [-0.2, -0.15) is 13.2 Å². The first-order valence-electron chi connectivity index (χ1n) is 11.2. The SMILES string of the molecule is CCC1CCN(C(=O)c2cnc(Cl)c(Cc3cc4c(C)cc(C(F)(F)F)nc4n3C)c2Cl)CC1. The molecule has 4 rings (SSSR count). The number of fused-ring (bicyclic) bond motifs is 1. The van der Waals surface area contributed by atoms with Crippen molar-refractivity contribution in [3.63, 3.8) is 0 Å². The summed E-state index contributed by atoms with van der Waals surface area (Å²) in [5.41, 5.74) is 1.13. The zero-order valence-corrected chi connectivity index (χ0v) is 20.7. The highest BCUT2D eigenvalue weighted by molar-refractivity contribution is 6.37. The summed E-state index contributed by atoms with van der Waals surface area (Å²) >= 11 is 13.0. The Hall–Kier alpha value is -2.32. The number of pyridine rings is 2. The number of carbonyl (C=O) groups excluding carboxylic acids is 1. The Morgan fingerprint density at radius 3 is 2.50 bits per heavy atom. The molecular formula is C24H25Cl2F3N4O. The Balaban J connectivity index is 1.68. The smallest absolute Gasteiger partial charge is 0.339 e. The summed E-state index contributed by atoms with van der Waals surface area (Å²) in [4.78, 5) is 23.0. The number of aromatic nitrogens is 3. The average molecular weight is 513 g/mol. The van der Waals surface area contributed by atoms with Crippen LogP contribution in [0.15, 0.2) is 18.3 Å². The molecule has 1 aliphatic rings. The second kappa shape index (κ2) is 9.38. The van der Waals surface area contributed by atoms with Crippen LogP contribution in [0.4, 0.5) is 13.2 Å². The van der Waals surface area contributed by atoms with Gasteiger partial charge in [-0.05, 0) is 43.4 Å². The summed E-state index contributed by atoms with van der Waals surface area (Å²) in [6.07, 6.45) is 0.0495.